The third kappa shape index (κ3) is 5.44. The average Bonchev–Trinajstić information content (AvgIpc) is 3.33. The van der Waals surface area contributed by atoms with Gasteiger partial charge in [0.1, 0.15) is 0 Å². The molecule has 1 aliphatic heterocycles. The molecule has 8 heteroatoms. The third-order valence-electron chi connectivity index (χ3n) is 5.92. The Morgan fingerprint density at radius 2 is 1.91 bits per heavy atom. The van der Waals surface area contributed by atoms with Gasteiger partial charge < -0.3 is 25.3 Å². The zero-order valence-corrected chi connectivity index (χ0v) is 20.1. The minimum atomic E-state index is -0.267. The molecule has 35 heavy (non-hydrogen) atoms. The first-order valence-electron chi connectivity index (χ1n) is 11.4. The van der Waals surface area contributed by atoms with Crippen LogP contribution in [-0.2, 0) is 22.5 Å². The SMILES string of the molecule is COC(=O)Cc1ccc2c(c1)N(Cc1ccccc1)CC(NC(=O)Nc1ccc3cc[nH]c3c1)S2. The summed E-state index contributed by atoms with van der Waals surface area (Å²) in [7, 11) is 1.40. The summed E-state index contributed by atoms with van der Waals surface area (Å²) in [5.74, 6) is -0.267. The van der Waals surface area contributed by atoms with Crippen molar-refractivity contribution < 1.29 is 14.3 Å². The number of rotatable bonds is 6. The number of benzene rings is 3. The Bertz CT molecular complexity index is 1360. The van der Waals surface area contributed by atoms with E-state index in [1.807, 2.05) is 66.9 Å². The van der Waals surface area contributed by atoms with Crippen molar-refractivity contribution >= 4 is 46.0 Å². The highest BCUT2D eigenvalue weighted by Gasteiger charge is 2.27. The summed E-state index contributed by atoms with van der Waals surface area (Å²) < 4.78 is 4.84. The molecule has 0 spiro atoms. The molecule has 0 saturated carbocycles. The fourth-order valence-electron chi connectivity index (χ4n) is 4.22. The second-order valence-corrected chi connectivity index (χ2v) is 9.65. The summed E-state index contributed by atoms with van der Waals surface area (Å²) in [6.07, 6.45) is 2.10. The molecule has 0 fully saturated rings. The van der Waals surface area contributed by atoms with Gasteiger partial charge in [-0.25, -0.2) is 4.79 Å². The zero-order chi connectivity index (χ0) is 24.2. The van der Waals surface area contributed by atoms with Crippen molar-refractivity contribution in [3.8, 4) is 0 Å². The number of esters is 1. The van der Waals surface area contributed by atoms with Crippen molar-refractivity contribution in [2.75, 3.05) is 23.9 Å². The molecule has 3 N–H and O–H groups in total. The fourth-order valence-corrected chi connectivity index (χ4v) is 5.40. The van der Waals surface area contributed by atoms with E-state index >= 15 is 0 Å². The number of nitrogens with one attached hydrogen (secondary N) is 3. The number of carbonyl (C=O) groups excluding carboxylic acids is 2. The van der Waals surface area contributed by atoms with Gasteiger partial charge >= 0.3 is 12.0 Å². The van der Waals surface area contributed by atoms with E-state index in [1.54, 1.807) is 11.8 Å². The van der Waals surface area contributed by atoms with Gasteiger partial charge in [-0.05, 0) is 46.8 Å². The number of fused-ring (bicyclic) bond motifs is 2. The summed E-state index contributed by atoms with van der Waals surface area (Å²) in [5.41, 5.74) is 4.83. The van der Waals surface area contributed by atoms with Gasteiger partial charge in [0.15, 0.2) is 0 Å². The van der Waals surface area contributed by atoms with Crippen LogP contribution in [0.25, 0.3) is 10.9 Å². The molecule has 3 aromatic carbocycles. The Balaban J connectivity index is 1.33. The van der Waals surface area contributed by atoms with Crippen LogP contribution in [0.2, 0.25) is 0 Å². The lowest BCUT2D eigenvalue weighted by Crippen LogP contribution is -2.45. The van der Waals surface area contributed by atoms with Gasteiger partial charge in [0.25, 0.3) is 0 Å². The number of hydrogen-bond acceptors (Lipinski definition) is 5. The molecule has 1 aliphatic rings. The minimum Gasteiger partial charge on any atom is -0.469 e. The van der Waals surface area contributed by atoms with Crippen LogP contribution in [0.4, 0.5) is 16.2 Å². The highest BCUT2D eigenvalue weighted by atomic mass is 32.2. The van der Waals surface area contributed by atoms with Gasteiger partial charge in [0, 0.05) is 35.4 Å². The van der Waals surface area contributed by atoms with Gasteiger partial charge in [-0.15, -0.1) is 0 Å². The summed E-state index contributed by atoms with van der Waals surface area (Å²) in [5, 5.41) is 7.00. The molecule has 0 bridgehead atoms. The number of carbonyl (C=O) groups is 2. The van der Waals surface area contributed by atoms with Gasteiger partial charge in [0.2, 0.25) is 0 Å². The van der Waals surface area contributed by atoms with Crippen LogP contribution in [0, 0.1) is 0 Å². The number of amides is 2. The summed E-state index contributed by atoms with van der Waals surface area (Å²) in [6, 6.07) is 23.7. The van der Waals surface area contributed by atoms with E-state index in [2.05, 4.69) is 32.7 Å². The van der Waals surface area contributed by atoms with Crippen LogP contribution in [0.15, 0.2) is 83.9 Å². The monoisotopic (exact) mass is 486 g/mol. The zero-order valence-electron chi connectivity index (χ0n) is 19.3. The van der Waals surface area contributed by atoms with Gasteiger partial charge in [0.05, 0.1) is 24.6 Å². The summed E-state index contributed by atoms with van der Waals surface area (Å²) in [6.45, 7) is 1.32. The Labute approximate surface area is 207 Å². The topological polar surface area (TPSA) is 86.5 Å². The molecule has 5 rings (SSSR count). The molecular weight excluding hydrogens is 460 g/mol. The molecule has 1 atom stereocenters. The largest absolute Gasteiger partial charge is 0.469 e. The third-order valence-corrected chi connectivity index (χ3v) is 7.07. The number of thioether (sulfide) groups is 1. The maximum Gasteiger partial charge on any atom is 0.320 e. The van der Waals surface area contributed by atoms with Crippen LogP contribution >= 0.6 is 11.8 Å². The van der Waals surface area contributed by atoms with Crippen molar-refractivity contribution in [2.45, 2.75) is 23.2 Å². The van der Waals surface area contributed by atoms with E-state index in [0.717, 1.165) is 32.7 Å². The van der Waals surface area contributed by atoms with Crippen molar-refractivity contribution in [2.24, 2.45) is 0 Å². The highest BCUT2D eigenvalue weighted by Crippen LogP contribution is 2.39. The van der Waals surface area contributed by atoms with Gasteiger partial charge in [-0.1, -0.05) is 54.2 Å². The first-order valence-corrected chi connectivity index (χ1v) is 12.3. The lowest BCUT2D eigenvalue weighted by molar-refractivity contribution is -0.139. The van der Waals surface area contributed by atoms with Crippen LogP contribution in [0.5, 0.6) is 0 Å². The van der Waals surface area contributed by atoms with Crippen molar-refractivity contribution in [3.63, 3.8) is 0 Å². The van der Waals surface area contributed by atoms with E-state index in [-0.39, 0.29) is 23.8 Å². The number of H-pyrrole nitrogens is 1. The summed E-state index contributed by atoms with van der Waals surface area (Å²) in [4.78, 5) is 31.1. The van der Waals surface area contributed by atoms with Crippen LogP contribution in [-0.4, -0.2) is 36.0 Å². The first-order chi connectivity index (χ1) is 17.1. The molecule has 1 unspecified atom stereocenters. The number of aromatic amines is 1. The predicted octanol–water partition coefficient (Wildman–Crippen LogP) is 5.14. The smallest absolute Gasteiger partial charge is 0.320 e. The Morgan fingerprint density at radius 1 is 1.06 bits per heavy atom. The number of nitrogens with zero attached hydrogens (tertiary/aromatic N) is 1. The average molecular weight is 487 g/mol. The predicted molar refractivity (Wildman–Crippen MR) is 140 cm³/mol. The lowest BCUT2D eigenvalue weighted by atomic mass is 10.1. The Kier molecular flexibility index (Phi) is 6.63. The second-order valence-electron chi connectivity index (χ2n) is 8.41. The summed E-state index contributed by atoms with van der Waals surface area (Å²) >= 11 is 1.61. The van der Waals surface area contributed by atoms with Crippen LogP contribution < -0.4 is 15.5 Å². The minimum absolute atomic E-state index is 0.146. The second kappa shape index (κ2) is 10.1. The normalized spacial score (nSPS) is 14.9. The number of anilines is 2. The molecule has 4 aromatic rings. The standard InChI is InChI=1S/C27H26N4O3S/c1-34-26(32)14-19-7-10-24-23(13-19)31(16-18-5-3-2-4-6-18)17-25(35-24)30-27(33)29-21-9-8-20-11-12-28-22(20)15-21/h2-13,15,25,28H,14,16-17H2,1H3,(H2,29,30,33). The maximum absolute atomic E-state index is 12.8. The van der Waals surface area contributed by atoms with E-state index in [1.165, 1.54) is 12.7 Å². The molecule has 0 radical (unpaired) electrons. The molecule has 178 valence electrons. The number of ether oxygens (including phenoxy) is 1. The Morgan fingerprint density at radius 3 is 2.74 bits per heavy atom. The Hall–Kier alpha value is -3.91. The molecule has 0 aliphatic carbocycles. The van der Waals surface area contributed by atoms with Gasteiger partial charge in [-0.2, -0.15) is 0 Å². The fraction of sp³-hybridized carbons (Fsp3) is 0.185. The number of urea groups is 1. The molecule has 7 nitrogen and oxygen atoms in total. The van der Waals surface area contributed by atoms with E-state index in [9.17, 15) is 9.59 Å². The van der Waals surface area contributed by atoms with E-state index < -0.39 is 0 Å². The maximum atomic E-state index is 12.8. The van der Waals surface area contributed by atoms with Crippen molar-refractivity contribution in [1.82, 2.24) is 10.3 Å². The number of aromatic nitrogens is 1. The van der Waals surface area contributed by atoms with Crippen molar-refractivity contribution in [3.05, 3.63) is 90.1 Å². The quantitative estimate of drug-likeness (QED) is 0.329. The molecule has 0 saturated heterocycles. The molecule has 2 heterocycles. The van der Waals surface area contributed by atoms with Gasteiger partial charge in [-0.3, -0.25) is 4.79 Å². The highest BCUT2D eigenvalue weighted by molar-refractivity contribution is 8.00. The van der Waals surface area contributed by atoms with E-state index in [0.29, 0.717) is 13.1 Å². The van der Waals surface area contributed by atoms with Crippen molar-refractivity contribution in [1.29, 1.82) is 0 Å². The molecule has 2 amide bonds. The first kappa shape index (κ1) is 22.9. The molecular formula is C27H26N4O3S. The van der Waals surface area contributed by atoms with Crippen LogP contribution in [0.1, 0.15) is 11.1 Å². The molecule has 1 aromatic heterocycles. The van der Waals surface area contributed by atoms with Crippen LogP contribution in [0.3, 0.4) is 0 Å². The number of methoxy groups -OCH3 is 1. The number of hydrogen-bond donors (Lipinski definition) is 3. The lowest BCUT2D eigenvalue weighted by Gasteiger charge is -2.36. The van der Waals surface area contributed by atoms with E-state index in [4.69, 9.17) is 4.74 Å².